The Morgan fingerprint density at radius 3 is 0.759 bits per heavy atom. The van der Waals surface area contributed by atoms with Crippen LogP contribution in [-0.2, 0) is 0 Å². The maximum atomic E-state index is 2.39. The summed E-state index contributed by atoms with van der Waals surface area (Å²) in [6.45, 7) is 4.79. The second kappa shape index (κ2) is 16.6. The van der Waals surface area contributed by atoms with Gasteiger partial charge in [-0.05, 0) is 91.7 Å². The van der Waals surface area contributed by atoms with Gasteiger partial charge in [0.2, 0.25) is 0 Å². The van der Waals surface area contributed by atoms with Crippen molar-refractivity contribution >= 4 is 21.6 Å². The molecule has 0 nitrogen and oxygen atoms in total. The van der Waals surface area contributed by atoms with Gasteiger partial charge < -0.3 is 0 Å². The lowest BCUT2D eigenvalue weighted by atomic mass is 9.84. The first-order valence-corrected chi connectivity index (χ1v) is 20.9. The molecule has 2 heteroatoms. The van der Waals surface area contributed by atoms with Crippen molar-refractivity contribution < 1.29 is 0 Å². The summed E-state index contributed by atoms with van der Waals surface area (Å²) in [5.74, 6) is 0. The van der Waals surface area contributed by atoms with Gasteiger partial charge in [-0.3, -0.25) is 0 Å². The van der Waals surface area contributed by atoms with Gasteiger partial charge in [-0.1, -0.05) is 228 Å². The van der Waals surface area contributed by atoms with Crippen LogP contribution in [0.3, 0.4) is 0 Å². The monoisotopic (exact) mass is 730 g/mol. The Morgan fingerprint density at radius 2 is 0.481 bits per heavy atom. The van der Waals surface area contributed by atoms with Crippen LogP contribution in [0, 0.1) is 0 Å². The fraction of sp³-hybridized carbons (Fsp3) is 0.0769. The molecule has 0 aliphatic heterocycles. The van der Waals surface area contributed by atoms with Crippen LogP contribution >= 0.6 is 21.6 Å². The molecule has 0 spiro atoms. The SMILES string of the molecule is C[C@@H](SS[C@H](C)c1c(-c2ccccc2)ccc(-c2ccccc2)c1-c1ccccc1)c1c(-c2ccccc2)ccc(-c2ccccc2)c1-c1ccccc1. The second-order valence-corrected chi connectivity index (χ2v) is 16.5. The molecular formula is C52H42S2. The van der Waals surface area contributed by atoms with Gasteiger partial charge in [0.25, 0.3) is 0 Å². The van der Waals surface area contributed by atoms with Crippen molar-refractivity contribution in [3.8, 4) is 66.8 Å². The van der Waals surface area contributed by atoms with E-state index in [-0.39, 0.29) is 10.5 Å². The first-order valence-electron chi connectivity index (χ1n) is 18.7. The largest absolute Gasteiger partial charge is 0.0855 e. The molecule has 0 fully saturated rings. The van der Waals surface area contributed by atoms with Crippen LogP contribution in [0.5, 0.6) is 0 Å². The number of hydrogen-bond donors (Lipinski definition) is 0. The van der Waals surface area contributed by atoms with E-state index >= 15 is 0 Å². The zero-order valence-electron chi connectivity index (χ0n) is 30.6. The fourth-order valence-corrected chi connectivity index (χ4v) is 10.2. The summed E-state index contributed by atoms with van der Waals surface area (Å²) < 4.78 is 0. The maximum Gasteiger partial charge on any atom is 0.0385 e. The second-order valence-electron chi connectivity index (χ2n) is 13.6. The molecule has 54 heavy (non-hydrogen) atoms. The molecule has 0 aliphatic carbocycles. The Hall–Kier alpha value is -5.54. The van der Waals surface area contributed by atoms with Gasteiger partial charge in [0.1, 0.15) is 0 Å². The van der Waals surface area contributed by atoms with Crippen molar-refractivity contribution in [1.29, 1.82) is 0 Å². The molecule has 0 radical (unpaired) electrons. The zero-order chi connectivity index (χ0) is 36.7. The lowest BCUT2D eigenvalue weighted by Gasteiger charge is -2.27. The molecule has 0 saturated heterocycles. The van der Waals surface area contributed by atoms with Gasteiger partial charge in [0.15, 0.2) is 0 Å². The minimum absolute atomic E-state index is 0.171. The van der Waals surface area contributed by atoms with Crippen LogP contribution in [0.2, 0.25) is 0 Å². The van der Waals surface area contributed by atoms with Crippen LogP contribution in [0.15, 0.2) is 206 Å². The van der Waals surface area contributed by atoms with Crippen molar-refractivity contribution in [2.24, 2.45) is 0 Å². The van der Waals surface area contributed by atoms with E-state index in [2.05, 4.69) is 220 Å². The first kappa shape index (κ1) is 35.5. The standard InChI is InChI=1S/C52H42S2/c1-37(49-45(39-21-9-3-10-22-39)33-35-47(41-25-13-5-14-26-41)51(49)43-29-17-7-18-30-43)53-54-38(2)50-46(40-23-11-4-12-24-40)34-36-48(42-27-15-6-16-28-42)52(50)44-31-19-8-20-32-44/h3-38H,1-2H3/t37-,38-/m1/s1. The molecule has 0 bridgehead atoms. The predicted molar refractivity (Wildman–Crippen MR) is 238 cm³/mol. The van der Waals surface area contributed by atoms with Gasteiger partial charge >= 0.3 is 0 Å². The van der Waals surface area contributed by atoms with E-state index in [0.717, 1.165) is 0 Å². The normalized spacial score (nSPS) is 12.3. The molecule has 0 heterocycles. The lowest BCUT2D eigenvalue weighted by molar-refractivity contribution is 1.10. The van der Waals surface area contributed by atoms with Gasteiger partial charge in [0, 0.05) is 10.5 Å². The van der Waals surface area contributed by atoms with E-state index in [1.165, 1.54) is 77.9 Å². The highest BCUT2D eigenvalue weighted by atomic mass is 33.1. The average Bonchev–Trinajstić information content (AvgIpc) is 3.26. The van der Waals surface area contributed by atoms with E-state index < -0.39 is 0 Å². The van der Waals surface area contributed by atoms with Crippen molar-refractivity contribution in [3.63, 3.8) is 0 Å². The summed E-state index contributed by atoms with van der Waals surface area (Å²) in [4.78, 5) is 0. The summed E-state index contributed by atoms with van der Waals surface area (Å²) in [5.41, 5.74) is 17.8. The smallest absolute Gasteiger partial charge is 0.0385 e. The van der Waals surface area contributed by atoms with E-state index in [1.807, 2.05) is 21.6 Å². The van der Waals surface area contributed by atoms with Gasteiger partial charge in [0.05, 0.1) is 0 Å². The Balaban J connectivity index is 1.27. The Labute approximate surface area is 328 Å². The molecule has 0 aromatic heterocycles. The third-order valence-electron chi connectivity index (χ3n) is 10.1. The van der Waals surface area contributed by atoms with Crippen molar-refractivity contribution in [1.82, 2.24) is 0 Å². The molecule has 0 saturated carbocycles. The molecule has 0 unspecified atom stereocenters. The molecule has 0 amide bonds. The third kappa shape index (κ3) is 7.46. The number of benzene rings is 8. The quantitative estimate of drug-likeness (QED) is 0.122. The minimum atomic E-state index is 0.171. The van der Waals surface area contributed by atoms with Crippen molar-refractivity contribution in [3.05, 3.63) is 217 Å². The lowest BCUT2D eigenvalue weighted by Crippen LogP contribution is -2.01. The van der Waals surface area contributed by atoms with Gasteiger partial charge in [-0.15, -0.1) is 0 Å². The van der Waals surface area contributed by atoms with E-state index in [0.29, 0.717) is 0 Å². The summed E-state index contributed by atoms with van der Waals surface area (Å²) in [6, 6.07) is 74.7. The fourth-order valence-electron chi connectivity index (χ4n) is 7.63. The number of rotatable bonds is 11. The minimum Gasteiger partial charge on any atom is -0.0855 e. The van der Waals surface area contributed by atoms with Crippen LogP contribution in [0.4, 0.5) is 0 Å². The van der Waals surface area contributed by atoms with Crippen LogP contribution in [-0.4, -0.2) is 0 Å². The summed E-state index contributed by atoms with van der Waals surface area (Å²) in [6.07, 6.45) is 0. The molecule has 0 aliphatic rings. The van der Waals surface area contributed by atoms with E-state index in [1.54, 1.807) is 0 Å². The average molecular weight is 731 g/mol. The van der Waals surface area contributed by atoms with Crippen LogP contribution < -0.4 is 0 Å². The third-order valence-corrected chi connectivity index (χ3v) is 13.3. The Kier molecular flexibility index (Phi) is 10.9. The van der Waals surface area contributed by atoms with Crippen molar-refractivity contribution in [2.45, 2.75) is 24.3 Å². The zero-order valence-corrected chi connectivity index (χ0v) is 32.2. The van der Waals surface area contributed by atoms with E-state index in [4.69, 9.17) is 0 Å². The molecule has 8 aromatic rings. The Bertz CT molecular complexity index is 2250. The first-order chi connectivity index (χ1) is 26.7. The molecule has 8 aromatic carbocycles. The molecule has 0 N–H and O–H groups in total. The predicted octanol–water partition coefficient (Wildman–Crippen LogP) is 15.9. The topological polar surface area (TPSA) is 0 Å². The molecular weight excluding hydrogens is 689 g/mol. The van der Waals surface area contributed by atoms with Crippen LogP contribution in [0.1, 0.15) is 35.5 Å². The summed E-state index contributed by atoms with van der Waals surface area (Å²) in [7, 11) is 3.96. The van der Waals surface area contributed by atoms with Gasteiger partial charge in [-0.25, -0.2) is 0 Å². The summed E-state index contributed by atoms with van der Waals surface area (Å²) >= 11 is 0. The Morgan fingerprint density at radius 1 is 0.259 bits per heavy atom. The molecule has 8 rings (SSSR count). The molecule has 2 atom stereocenters. The van der Waals surface area contributed by atoms with Gasteiger partial charge in [-0.2, -0.15) is 0 Å². The highest BCUT2D eigenvalue weighted by Gasteiger charge is 2.26. The van der Waals surface area contributed by atoms with Crippen molar-refractivity contribution in [2.75, 3.05) is 0 Å². The summed E-state index contributed by atoms with van der Waals surface area (Å²) in [5, 5.41) is 0.341. The molecule has 262 valence electrons. The maximum absolute atomic E-state index is 2.39. The van der Waals surface area contributed by atoms with E-state index in [9.17, 15) is 0 Å². The highest BCUT2D eigenvalue weighted by Crippen LogP contribution is 2.55. The number of hydrogen-bond acceptors (Lipinski definition) is 2. The van der Waals surface area contributed by atoms with Crippen LogP contribution in [0.25, 0.3) is 66.8 Å². The highest BCUT2D eigenvalue weighted by molar-refractivity contribution is 8.76.